The Morgan fingerprint density at radius 2 is 1.49 bits per heavy atom. The zero-order valence-corrected chi connectivity index (χ0v) is 29.8. The third-order valence-electron chi connectivity index (χ3n) is 11.3. The number of fused-ring (bicyclic) bond motifs is 3. The van der Waals surface area contributed by atoms with Gasteiger partial charge in [0.1, 0.15) is 0 Å². The van der Waals surface area contributed by atoms with Crippen LogP contribution in [-0.4, -0.2) is 0 Å². The maximum absolute atomic E-state index is 4.74. The highest BCUT2D eigenvalue weighted by atomic mass is 14.4. The number of hydrogen-bond donors (Lipinski definition) is 0. The first-order valence-corrected chi connectivity index (χ1v) is 17.8. The quantitative estimate of drug-likeness (QED) is 0.168. The van der Waals surface area contributed by atoms with Crippen LogP contribution in [0.1, 0.15) is 64.0 Å². The molecule has 0 amide bonds. The van der Waals surface area contributed by atoms with Crippen LogP contribution >= 0.6 is 0 Å². The Labute approximate surface area is 292 Å². The van der Waals surface area contributed by atoms with Crippen molar-refractivity contribution in [1.29, 1.82) is 0 Å². The highest BCUT2D eigenvalue weighted by molar-refractivity contribution is 6.03. The molecule has 0 heteroatoms. The molecule has 0 spiro atoms. The molecule has 0 aromatic heterocycles. The lowest BCUT2D eigenvalue weighted by Crippen LogP contribution is -2.34. The second kappa shape index (κ2) is 12.8. The summed E-state index contributed by atoms with van der Waals surface area (Å²) in [6.45, 7) is 20.4. The van der Waals surface area contributed by atoms with Gasteiger partial charge in [-0.2, -0.15) is 0 Å². The number of benzene rings is 5. The minimum absolute atomic E-state index is 0.0176. The largest absolute Gasteiger partial charge is 0.102 e. The molecule has 0 radical (unpaired) electrons. The van der Waals surface area contributed by atoms with Gasteiger partial charge in [-0.25, -0.2) is 0 Å². The summed E-state index contributed by atoms with van der Waals surface area (Å²) in [6.07, 6.45) is 21.7. The summed E-state index contributed by atoms with van der Waals surface area (Å²) >= 11 is 0. The highest BCUT2D eigenvalue weighted by Gasteiger charge is 2.32. The van der Waals surface area contributed by atoms with E-state index in [4.69, 9.17) is 6.58 Å². The van der Waals surface area contributed by atoms with E-state index < -0.39 is 0 Å². The minimum Gasteiger partial charge on any atom is -0.102 e. The van der Waals surface area contributed by atoms with Gasteiger partial charge in [0.25, 0.3) is 0 Å². The first-order chi connectivity index (χ1) is 23.6. The van der Waals surface area contributed by atoms with E-state index in [0.717, 1.165) is 24.5 Å². The normalized spacial score (nSPS) is 18.0. The number of aryl methyl sites for hydroxylation is 1. The summed E-state index contributed by atoms with van der Waals surface area (Å²) in [5, 5.41) is 7.27. The van der Waals surface area contributed by atoms with Crippen molar-refractivity contribution in [3.8, 4) is 22.3 Å². The standard InChI is InChI=1S/C49H48/c1-8-49(7,48(4,5)6)32-43-26-27-44-46(36-17-12-10-13-18-36)31-45(34(3)47(44)33(43)2)42-25-24-40-29-39(22-23-41(40)30-42)38-21-15-20-35-16-11-9-14-19-37(35)28-38/h8,10-14,16-20,22-32,38H,1-2,9,15,21H2,3-7H3/b43-32-. The van der Waals surface area contributed by atoms with Crippen LogP contribution in [0.15, 0.2) is 145 Å². The van der Waals surface area contributed by atoms with E-state index in [1.807, 2.05) is 0 Å². The molecule has 0 nitrogen and oxygen atoms in total. The molecular weight excluding hydrogens is 589 g/mol. The van der Waals surface area contributed by atoms with E-state index >= 15 is 0 Å². The van der Waals surface area contributed by atoms with E-state index in [2.05, 4.69) is 175 Å². The molecule has 2 unspecified atom stereocenters. The van der Waals surface area contributed by atoms with Crippen molar-refractivity contribution in [2.24, 2.45) is 10.8 Å². The minimum atomic E-state index is -0.187. The summed E-state index contributed by atoms with van der Waals surface area (Å²) in [4.78, 5) is 0. The van der Waals surface area contributed by atoms with Crippen LogP contribution in [0.3, 0.4) is 0 Å². The van der Waals surface area contributed by atoms with Gasteiger partial charge < -0.3 is 0 Å². The molecule has 2 aliphatic rings. The molecule has 244 valence electrons. The molecule has 0 aliphatic heterocycles. The fourth-order valence-corrected chi connectivity index (χ4v) is 7.62. The topological polar surface area (TPSA) is 0 Å². The molecule has 0 saturated heterocycles. The van der Waals surface area contributed by atoms with Gasteiger partial charge in [0.05, 0.1) is 0 Å². The zero-order valence-electron chi connectivity index (χ0n) is 29.8. The van der Waals surface area contributed by atoms with Crippen LogP contribution in [0.5, 0.6) is 0 Å². The molecule has 0 fully saturated rings. The van der Waals surface area contributed by atoms with Gasteiger partial charge in [0, 0.05) is 11.3 Å². The lowest BCUT2D eigenvalue weighted by Gasteiger charge is -2.37. The van der Waals surface area contributed by atoms with Crippen LogP contribution in [0.2, 0.25) is 0 Å². The Bertz CT molecular complexity index is 2330. The zero-order chi connectivity index (χ0) is 34.3. The second-order valence-corrected chi connectivity index (χ2v) is 15.2. The first kappa shape index (κ1) is 32.6. The van der Waals surface area contributed by atoms with Crippen molar-refractivity contribution in [3.05, 3.63) is 167 Å². The average molecular weight is 637 g/mol. The number of hydrogen-bond acceptors (Lipinski definition) is 0. The molecule has 5 aromatic carbocycles. The molecule has 5 aromatic rings. The van der Waals surface area contributed by atoms with E-state index in [9.17, 15) is 0 Å². The predicted octanol–water partition coefficient (Wildman–Crippen LogP) is 12.3. The molecule has 49 heavy (non-hydrogen) atoms. The summed E-state index contributed by atoms with van der Waals surface area (Å²) < 4.78 is 0. The molecule has 0 bridgehead atoms. The fraction of sp³-hybridized carbons (Fsp3) is 0.224. The summed E-state index contributed by atoms with van der Waals surface area (Å²) in [6, 6.07) is 31.8. The molecule has 0 saturated carbocycles. The van der Waals surface area contributed by atoms with Gasteiger partial charge >= 0.3 is 0 Å². The van der Waals surface area contributed by atoms with Gasteiger partial charge in [-0.05, 0) is 120 Å². The smallest absolute Gasteiger partial charge is 0.00877 e. The maximum atomic E-state index is 4.74. The Morgan fingerprint density at radius 3 is 2.24 bits per heavy atom. The molecule has 2 atom stereocenters. The van der Waals surface area contributed by atoms with Gasteiger partial charge in [-0.15, -0.1) is 6.58 Å². The lowest BCUT2D eigenvalue weighted by molar-refractivity contribution is 0.247. The summed E-state index contributed by atoms with van der Waals surface area (Å²) in [5.41, 5.74) is 10.1. The lowest BCUT2D eigenvalue weighted by atomic mass is 9.67. The number of allylic oxidation sites excluding steroid dienone is 9. The van der Waals surface area contributed by atoms with Crippen molar-refractivity contribution in [2.75, 3.05) is 0 Å². The Balaban J connectivity index is 1.37. The maximum Gasteiger partial charge on any atom is 0.00877 e. The molecule has 0 heterocycles. The second-order valence-electron chi connectivity index (χ2n) is 15.2. The van der Waals surface area contributed by atoms with E-state index in [1.165, 1.54) is 71.3 Å². The Kier molecular flexibility index (Phi) is 8.53. The van der Waals surface area contributed by atoms with E-state index in [0.29, 0.717) is 5.92 Å². The van der Waals surface area contributed by atoms with Crippen LogP contribution in [0, 0.1) is 17.8 Å². The fourth-order valence-electron chi connectivity index (χ4n) is 7.62. The van der Waals surface area contributed by atoms with Crippen molar-refractivity contribution >= 4 is 34.2 Å². The molecule has 2 aliphatic carbocycles. The monoisotopic (exact) mass is 636 g/mol. The third-order valence-corrected chi connectivity index (χ3v) is 11.3. The highest BCUT2D eigenvalue weighted by Crippen LogP contribution is 2.41. The number of rotatable bonds is 5. The van der Waals surface area contributed by atoms with Crippen molar-refractivity contribution in [2.45, 2.75) is 59.8 Å². The SMILES string of the molecule is C=CC(C)(/C=c1/ccc2c(-c3ccccc3)cc(-c3ccc4cc(C5C=C6C=CCC=CC6=CCC5)ccc4c3)c(C)c2c1=C)C(C)(C)C. The predicted molar refractivity (Wildman–Crippen MR) is 215 cm³/mol. The Hall–Kier alpha value is -4.94. The van der Waals surface area contributed by atoms with E-state index in [1.54, 1.807) is 0 Å². The van der Waals surface area contributed by atoms with Crippen LogP contribution in [0.25, 0.3) is 56.5 Å². The molecule has 7 rings (SSSR count). The first-order valence-electron chi connectivity index (χ1n) is 17.8. The van der Waals surface area contributed by atoms with Crippen molar-refractivity contribution < 1.29 is 0 Å². The van der Waals surface area contributed by atoms with E-state index in [-0.39, 0.29) is 10.8 Å². The molecular formula is C49H48. The summed E-state index contributed by atoms with van der Waals surface area (Å²) in [7, 11) is 0. The van der Waals surface area contributed by atoms with Gasteiger partial charge in [0.15, 0.2) is 0 Å². The van der Waals surface area contributed by atoms with Crippen molar-refractivity contribution in [3.63, 3.8) is 0 Å². The summed E-state index contributed by atoms with van der Waals surface area (Å²) in [5.74, 6) is 0.405. The van der Waals surface area contributed by atoms with Crippen LogP contribution in [-0.2, 0) is 0 Å². The third kappa shape index (κ3) is 6.10. The van der Waals surface area contributed by atoms with Gasteiger partial charge in [-0.3, -0.25) is 0 Å². The molecule has 0 N–H and O–H groups in total. The average Bonchev–Trinajstić information content (AvgIpc) is 3.45. The van der Waals surface area contributed by atoms with Gasteiger partial charge in [0.2, 0.25) is 0 Å². The van der Waals surface area contributed by atoms with Gasteiger partial charge in [-0.1, -0.05) is 156 Å². The Morgan fingerprint density at radius 1 is 0.755 bits per heavy atom. The van der Waals surface area contributed by atoms with Crippen LogP contribution in [0.4, 0.5) is 0 Å². The van der Waals surface area contributed by atoms with Crippen molar-refractivity contribution in [1.82, 2.24) is 0 Å². The van der Waals surface area contributed by atoms with Crippen LogP contribution < -0.4 is 10.4 Å².